The molecule has 0 N–H and O–H groups in total. The molecular formula is C17H26N2O4Te. The number of cyclic esters (lactones) is 1. The van der Waals surface area contributed by atoms with Crippen LogP contribution in [0.4, 0.5) is 0 Å². The monoisotopic (exact) mass is 452 g/mol. The maximum absolute atomic E-state index is 12.3. The number of carbonyl (C=O) groups excluding carboxylic acids is 1. The van der Waals surface area contributed by atoms with Crippen LogP contribution in [0, 0.1) is 13.8 Å². The van der Waals surface area contributed by atoms with E-state index in [2.05, 4.69) is 50.7 Å². The number of ether oxygens (including phenoxy) is 2. The molecule has 0 spiro atoms. The van der Waals surface area contributed by atoms with Crippen molar-refractivity contribution < 1.29 is 23.9 Å². The number of carbonyl (C=O) groups is 1. The van der Waals surface area contributed by atoms with Crippen molar-refractivity contribution in [2.24, 2.45) is 0 Å². The van der Waals surface area contributed by atoms with Gasteiger partial charge in [-0.25, -0.2) is 0 Å². The molecular weight excluding hydrogens is 424 g/mol. The van der Waals surface area contributed by atoms with Gasteiger partial charge in [0.1, 0.15) is 0 Å². The third-order valence-corrected chi connectivity index (χ3v) is 7.11. The van der Waals surface area contributed by atoms with Gasteiger partial charge in [-0.1, -0.05) is 0 Å². The minimum absolute atomic E-state index is 0.175. The van der Waals surface area contributed by atoms with Crippen molar-refractivity contribution in [3.05, 3.63) is 21.0 Å². The van der Waals surface area contributed by atoms with Crippen molar-refractivity contribution in [3.8, 4) is 0 Å². The molecule has 24 heavy (non-hydrogen) atoms. The first-order chi connectivity index (χ1) is 11.0. The number of aromatic nitrogens is 2. The van der Waals surface area contributed by atoms with E-state index in [0.717, 1.165) is 15.3 Å². The normalized spacial score (nSPS) is 17.5. The zero-order valence-corrected chi connectivity index (χ0v) is 17.9. The second-order valence-electron chi connectivity index (χ2n) is 6.99. The zero-order chi connectivity index (χ0) is 18.4. The topological polar surface area (TPSA) is 67.4 Å². The second kappa shape index (κ2) is 6.61. The predicted molar refractivity (Wildman–Crippen MR) is 88.5 cm³/mol. The molecule has 0 bridgehead atoms. The fraction of sp³-hybridized carbons (Fsp3) is 0.647. The van der Waals surface area contributed by atoms with Crippen LogP contribution in [0.3, 0.4) is 0 Å². The molecule has 0 unspecified atom stereocenters. The van der Waals surface area contributed by atoms with E-state index in [1.165, 1.54) is 0 Å². The number of rotatable bonds is 4. The first kappa shape index (κ1) is 19.1. The van der Waals surface area contributed by atoms with Crippen molar-refractivity contribution in [2.75, 3.05) is 0 Å². The third kappa shape index (κ3) is 3.43. The number of nitrogens with zero attached hydrogens (tertiary/aromatic N) is 2. The standard InChI is InChI=1S/C17H26N2O4Te/c1-9(2)18-11(5)12(6)19(10(3)4)16(18)24-13-14(20)22-17(7,8)23-15(13)21/h9-10H,1-8H3. The summed E-state index contributed by atoms with van der Waals surface area (Å²) in [7, 11) is 0. The molecule has 134 valence electrons. The van der Waals surface area contributed by atoms with Gasteiger partial charge in [-0.05, 0) is 0 Å². The van der Waals surface area contributed by atoms with Gasteiger partial charge in [-0.2, -0.15) is 0 Å². The maximum atomic E-state index is 12.3. The van der Waals surface area contributed by atoms with Crippen LogP contribution >= 0.6 is 0 Å². The van der Waals surface area contributed by atoms with Crippen LogP contribution in [0.5, 0.6) is 0 Å². The Morgan fingerprint density at radius 3 is 2.21 bits per heavy atom. The molecule has 1 aliphatic rings. The molecule has 1 aromatic rings. The van der Waals surface area contributed by atoms with Gasteiger partial charge >= 0.3 is 153 Å². The van der Waals surface area contributed by atoms with Gasteiger partial charge in [0.05, 0.1) is 0 Å². The van der Waals surface area contributed by atoms with Gasteiger partial charge in [0.15, 0.2) is 0 Å². The van der Waals surface area contributed by atoms with E-state index in [0.29, 0.717) is 0 Å². The van der Waals surface area contributed by atoms with Gasteiger partial charge in [-0.15, -0.1) is 0 Å². The number of esters is 1. The molecule has 0 saturated carbocycles. The van der Waals surface area contributed by atoms with E-state index in [-0.39, 0.29) is 15.7 Å². The van der Waals surface area contributed by atoms with Crippen molar-refractivity contribution >= 4 is 30.8 Å². The molecule has 7 heteroatoms. The Balaban J connectivity index is 2.57. The Bertz CT molecular complexity index is 670. The van der Waals surface area contributed by atoms with Crippen molar-refractivity contribution in [1.29, 1.82) is 0 Å². The summed E-state index contributed by atoms with van der Waals surface area (Å²) in [5.74, 6) is -2.27. The Kier molecular flexibility index (Phi) is 5.27. The van der Waals surface area contributed by atoms with Gasteiger partial charge in [0.25, 0.3) is 0 Å². The summed E-state index contributed by atoms with van der Waals surface area (Å²) < 4.78 is 16.2. The van der Waals surface area contributed by atoms with Crippen LogP contribution in [0.1, 0.15) is 65.0 Å². The van der Waals surface area contributed by atoms with Gasteiger partial charge in [0, 0.05) is 0 Å². The van der Waals surface area contributed by atoms with E-state index in [4.69, 9.17) is 9.47 Å². The van der Waals surface area contributed by atoms with Crippen LogP contribution < -0.4 is 13.5 Å². The Hall–Kier alpha value is -1.19. The van der Waals surface area contributed by atoms with E-state index >= 15 is 0 Å². The number of hydrogen-bond acceptors (Lipinski definition) is 4. The van der Waals surface area contributed by atoms with Gasteiger partial charge in [-0.3, -0.25) is 0 Å². The Morgan fingerprint density at radius 1 is 1.17 bits per heavy atom. The molecule has 2 rings (SSSR count). The first-order valence-electron chi connectivity index (χ1n) is 8.10. The summed E-state index contributed by atoms with van der Waals surface area (Å²) >= 11 is -1.25. The van der Waals surface area contributed by atoms with Crippen LogP contribution in [0.15, 0.2) is 9.57 Å². The van der Waals surface area contributed by atoms with Crippen LogP contribution in [0.25, 0.3) is 0 Å². The van der Waals surface area contributed by atoms with E-state index in [1.54, 1.807) is 13.8 Å². The first-order valence-corrected chi connectivity index (χ1v) is 10.4. The average molecular weight is 450 g/mol. The SMILES string of the molecule is Cc1c(C)[n+](C(C)C)c([Te]C2=C([O-])OC(C)(C)OC2=O)n1C(C)C. The molecule has 0 radical (unpaired) electrons. The fourth-order valence-electron chi connectivity index (χ4n) is 2.88. The quantitative estimate of drug-likeness (QED) is 0.386. The van der Waals surface area contributed by atoms with E-state index in [1.807, 2.05) is 0 Å². The molecule has 6 nitrogen and oxygen atoms in total. The van der Waals surface area contributed by atoms with Crippen LogP contribution in [-0.4, -0.2) is 37.2 Å². The third-order valence-electron chi connectivity index (χ3n) is 3.93. The molecule has 0 amide bonds. The van der Waals surface area contributed by atoms with Crippen LogP contribution in [0.2, 0.25) is 0 Å². The second-order valence-corrected chi connectivity index (χ2v) is 9.78. The van der Waals surface area contributed by atoms with Gasteiger partial charge < -0.3 is 0 Å². The van der Waals surface area contributed by atoms with Gasteiger partial charge in [0.2, 0.25) is 0 Å². The van der Waals surface area contributed by atoms with Crippen molar-refractivity contribution in [3.63, 3.8) is 0 Å². The van der Waals surface area contributed by atoms with E-state index < -0.39 is 38.6 Å². The fourth-order valence-corrected chi connectivity index (χ4v) is 6.67. The summed E-state index contributed by atoms with van der Waals surface area (Å²) in [5, 5.41) is 12.3. The Morgan fingerprint density at radius 2 is 1.75 bits per heavy atom. The minimum atomic E-state index is -1.25. The summed E-state index contributed by atoms with van der Waals surface area (Å²) in [4.78, 5) is 12.3. The van der Waals surface area contributed by atoms with Crippen molar-refractivity contribution in [2.45, 2.75) is 73.3 Å². The molecule has 0 fully saturated rings. The summed E-state index contributed by atoms with van der Waals surface area (Å²) in [6, 6.07) is 0.493. The van der Waals surface area contributed by atoms with E-state index in [9.17, 15) is 9.90 Å². The molecule has 0 aromatic carbocycles. The molecule has 0 atom stereocenters. The summed E-state index contributed by atoms with van der Waals surface area (Å²) in [6.45, 7) is 15.7. The average Bonchev–Trinajstić information content (AvgIpc) is 2.64. The molecule has 0 saturated heterocycles. The zero-order valence-electron chi connectivity index (χ0n) is 15.6. The number of hydrogen-bond donors (Lipinski definition) is 0. The summed E-state index contributed by atoms with van der Waals surface area (Å²) in [6.07, 6.45) is 0. The number of imidazole rings is 1. The summed E-state index contributed by atoms with van der Waals surface area (Å²) in [5.41, 5.74) is 2.33. The molecule has 2 heterocycles. The molecule has 1 aliphatic heterocycles. The Labute approximate surface area is 153 Å². The molecule has 1 aromatic heterocycles. The van der Waals surface area contributed by atoms with Crippen molar-refractivity contribution in [1.82, 2.24) is 4.57 Å². The van der Waals surface area contributed by atoms with Crippen LogP contribution in [-0.2, 0) is 14.3 Å². The predicted octanol–water partition coefficient (Wildman–Crippen LogP) is 0.723. The molecule has 0 aliphatic carbocycles.